The zero-order valence-electron chi connectivity index (χ0n) is 13.1. The van der Waals surface area contributed by atoms with Crippen LogP contribution in [0, 0.1) is 0 Å². The van der Waals surface area contributed by atoms with Crippen molar-refractivity contribution in [3.8, 4) is 0 Å². The van der Waals surface area contributed by atoms with Crippen molar-refractivity contribution in [3.63, 3.8) is 0 Å². The molecule has 1 amide bonds. The number of hydrogen-bond acceptors (Lipinski definition) is 3. The second-order valence-corrected chi connectivity index (χ2v) is 6.43. The number of carbonyl (C=O) groups is 1. The van der Waals surface area contributed by atoms with Gasteiger partial charge in [-0.3, -0.25) is 4.79 Å². The third-order valence-corrected chi connectivity index (χ3v) is 4.30. The van der Waals surface area contributed by atoms with Gasteiger partial charge in [-0.1, -0.05) is 13.3 Å². The summed E-state index contributed by atoms with van der Waals surface area (Å²) in [5.41, 5.74) is 5.07. The van der Waals surface area contributed by atoms with Crippen molar-refractivity contribution in [2.24, 2.45) is 5.73 Å². The first-order valence-corrected chi connectivity index (χ1v) is 8.16. The van der Waals surface area contributed by atoms with E-state index in [-0.39, 0.29) is 35.8 Å². The highest BCUT2D eigenvalue weighted by molar-refractivity contribution is 8.00. The average Bonchev–Trinajstić information content (AvgIpc) is 2.46. The van der Waals surface area contributed by atoms with Gasteiger partial charge >= 0.3 is 6.18 Å². The van der Waals surface area contributed by atoms with Gasteiger partial charge in [-0.25, -0.2) is 0 Å². The number of thioether (sulfide) groups is 1. The second-order valence-electron chi connectivity index (χ2n) is 4.98. The number of nitrogens with one attached hydrogen (secondary N) is 1. The molecule has 23 heavy (non-hydrogen) atoms. The minimum absolute atomic E-state index is 0. The lowest BCUT2D eigenvalue weighted by atomic mass is 10.1. The summed E-state index contributed by atoms with van der Waals surface area (Å²) in [4.78, 5) is 12.0. The summed E-state index contributed by atoms with van der Waals surface area (Å²) in [5, 5.41) is 2.22. The molecule has 3 N–H and O–H groups in total. The highest BCUT2D eigenvalue weighted by Gasteiger charge is 2.31. The molecule has 1 atom stereocenters. The van der Waals surface area contributed by atoms with Crippen molar-refractivity contribution < 1.29 is 18.0 Å². The fourth-order valence-electron chi connectivity index (χ4n) is 1.77. The molecule has 0 aromatic heterocycles. The third kappa shape index (κ3) is 7.46. The van der Waals surface area contributed by atoms with E-state index in [0.29, 0.717) is 5.56 Å². The number of unbranched alkanes of at least 4 members (excludes halogenated alkanes) is 1. The lowest BCUT2D eigenvalue weighted by molar-refractivity contribution is -0.137. The van der Waals surface area contributed by atoms with Gasteiger partial charge in [-0.15, -0.1) is 24.2 Å². The van der Waals surface area contributed by atoms with Crippen molar-refractivity contribution in [1.82, 2.24) is 0 Å². The lowest BCUT2D eigenvalue weighted by Gasteiger charge is -2.15. The van der Waals surface area contributed by atoms with Gasteiger partial charge in [-0.05, 0) is 42.9 Å². The normalized spacial score (nSPS) is 12.4. The number of anilines is 1. The summed E-state index contributed by atoms with van der Waals surface area (Å²) in [7, 11) is 0. The fraction of sp³-hybridized carbons (Fsp3) is 0.533. The van der Waals surface area contributed by atoms with Crippen LogP contribution in [0.2, 0.25) is 0 Å². The number of halogens is 4. The number of nitrogens with two attached hydrogens (primary N) is 1. The Morgan fingerprint density at radius 3 is 2.52 bits per heavy atom. The Hall–Kier alpha value is -0.920. The maximum atomic E-state index is 12.8. The Balaban J connectivity index is 0.00000484. The first-order valence-electron chi connectivity index (χ1n) is 7.11. The number of alkyl halides is 3. The van der Waals surface area contributed by atoms with Gasteiger partial charge in [-0.2, -0.15) is 13.2 Å². The molecule has 0 radical (unpaired) electrons. The van der Waals surface area contributed by atoms with Crippen molar-refractivity contribution in [1.29, 1.82) is 0 Å². The second kappa shape index (κ2) is 10.1. The van der Waals surface area contributed by atoms with Crippen LogP contribution in [0.5, 0.6) is 0 Å². The van der Waals surface area contributed by atoms with Crippen molar-refractivity contribution in [2.45, 2.75) is 44.7 Å². The summed E-state index contributed by atoms with van der Waals surface area (Å²) in [5.74, 6) is 0.547. The Bertz CT molecular complexity index is 512. The third-order valence-electron chi connectivity index (χ3n) is 3.06. The SMILES string of the molecule is CCCCSC(C)C(=O)Nc1cc(CN)cc(C(F)(F)F)c1.Cl. The maximum absolute atomic E-state index is 12.8. The molecule has 0 aliphatic carbocycles. The molecule has 0 fully saturated rings. The molecule has 1 aromatic carbocycles. The number of amides is 1. The standard InChI is InChI=1S/C15H21F3N2OS.ClH/c1-3-4-5-22-10(2)14(21)20-13-7-11(9-19)6-12(8-13)15(16,17)18;/h6-8,10H,3-5,9,19H2,1-2H3,(H,20,21);1H. The van der Waals surface area contributed by atoms with Gasteiger partial charge in [0.1, 0.15) is 0 Å². The fourth-order valence-corrected chi connectivity index (χ4v) is 2.79. The van der Waals surface area contributed by atoms with Gasteiger partial charge in [0.25, 0.3) is 0 Å². The molecule has 0 spiro atoms. The summed E-state index contributed by atoms with van der Waals surface area (Å²) in [6, 6.07) is 3.39. The van der Waals surface area contributed by atoms with Gasteiger partial charge in [0.2, 0.25) is 5.91 Å². The van der Waals surface area contributed by atoms with E-state index in [1.165, 1.54) is 17.8 Å². The molecule has 1 unspecified atom stereocenters. The first-order chi connectivity index (χ1) is 10.3. The van der Waals surface area contributed by atoms with Gasteiger partial charge in [0.05, 0.1) is 10.8 Å². The number of hydrogen-bond donors (Lipinski definition) is 2. The van der Waals surface area contributed by atoms with E-state index in [2.05, 4.69) is 12.2 Å². The van der Waals surface area contributed by atoms with E-state index in [1.807, 2.05) is 0 Å². The molecule has 0 aliphatic heterocycles. The number of benzene rings is 1. The van der Waals surface area contributed by atoms with Crippen LogP contribution in [-0.4, -0.2) is 16.9 Å². The molecule has 0 saturated carbocycles. The van der Waals surface area contributed by atoms with Gasteiger partial charge < -0.3 is 11.1 Å². The number of rotatable bonds is 7. The first kappa shape index (κ1) is 22.1. The van der Waals surface area contributed by atoms with E-state index < -0.39 is 11.7 Å². The van der Waals surface area contributed by atoms with Crippen LogP contribution in [0.1, 0.15) is 37.8 Å². The van der Waals surface area contributed by atoms with Crippen molar-refractivity contribution >= 4 is 35.8 Å². The van der Waals surface area contributed by atoms with E-state index in [4.69, 9.17) is 5.73 Å². The Labute approximate surface area is 145 Å². The van der Waals surface area contributed by atoms with Crippen LogP contribution < -0.4 is 11.1 Å². The lowest BCUT2D eigenvalue weighted by Crippen LogP contribution is -2.23. The van der Waals surface area contributed by atoms with Crippen LogP contribution in [0.4, 0.5) is 18.9 Å². The molecule has 0 saturated heterocycles. The smallest absolute Gasteiger partial charge is 0.326 e. The quantitative estimate of drug-likeness (QED) is 0.697. The molecular formula is C15H22ClF3N2OS. The average molecular weight is 371 g/mol. The molecule has 3 nitrogen and oxygen atoms in total. The highest BCUT2D eigenvalue weighted by Crippen LogP contribution is 2.32. The monoisotopic (exact) mass is 370 g/mol. The highest BCUT2D eigenvalue weighted by atomic mass is 35.5. The van der Waals surface area contributed by atoms with Gasteiger partial charge in [0.15, 0.2) is 0 Å². The molecule has 0 heterocycles. The molecule has 132 valence electrons. The summed E-state index contributed by atoms with van der Waals surface area (Å²) in [6.45, 7) is 3.78. The van der Waals surface area contributed by atoms with E-state index in [9.17, 15) is 18.0 Å². The summed E-state index contributed by atoms with van der Waals surface area (Å²) < 4.78 is 38.5. The minimum Gasteiger partial charge on any atom is -0.326 e. The molecule has 0 aliphatic rings. The predicted molar refractivity (Wildman–Crippen MR) is 92.0 cm³/mol. The van der Waals surface area contributed by atoms with Crippen LogP contribution in [0.3, 0.4) is 0 Å². The van der Waals surface area contributed by atoms with E-state index >= 15 is 0 Å². The topological polar surface area (TPSA) is 55.1 Å². The Morgan fingerprint density at radius 2 is 2.00 bits per heavy atom. The van der Waals surface area contributed by atoms with Crippen LogP contribution in [0.15, 0.2) is 18.2 Å². The van der Waals surface area contributed by atoms with Crippen LogP contribution in [-0.2, 0) is 17.5 Å². The van der Waals surface area contributed by atoms with Gasteiger partial charge in [0, 0.05) is 12.2 Å². The molecule has 0 bridgehead atoms. The molecule has 8 heteroatoms. The van der Waals surface area contributed by atoms with E-state index in [1.54, 1.807) is 6.92 Å². The summed E-state index contributed by atoms with van der Waals surface area (Å²) in [6.07, 6.45) is -2.43. The zero-order valence-corrected chi connectivity index (χ0v) is 14.7. The van der Waals surface area contributed by atoms with Crippen LogP contribution >= 0.6 is 24.2 Å². The van der Waals surface area contributed by atoms with Crippen LogP contribution in [0.25, 0.3) is 0 Å². The number of carbonyl (C=O) groups excluding carboxylic acids is 1. The molecule has 1 rings (SSSR count). The maximum Gasteiger partial charge on any atom is 0.416 e. The molecule has 1 aromatic rings. The Morgan fingerprint density at radius 1 is 1.35 bits per heavy atom. The predicted octanol–water partition coefficient (Wildman–Crippen LogP) is 4.45. The van der Waals surface area contributed by atoms with E-state index in [0.717, 1.165) is 30.7 Å². The Kier molecular flexibility index (Phi) is 9.65. The minimum atomic E-state index is -4.47. The largest absolute Gasteiger partial charge is 0.416 e. The molecular weight excluding hydrogens is 349 g/mol. The van der Waals surface area contributed by atoms with Crippen molar-refractivity contribution in [3.05, 3.63) is 29.3 Å². The van der Waals surface area contributed by atoms with Crippen molar-refractivity contribution in [2.75, 3.05) is 11.1 Å². The summed E-state index contributed by atoms with van der Waals surface area (Å²) >= 11 is 1.49. The zero-order chi connectivity index (χ0) is 16.8.